The van der Waals surface area contributed by atoms with Gasteiger partial charge in [-0.05, 0) is 58.4 Å². The fourth-order valence-corrected chi connectivity index (χ4v) is 8.27. The average Bonchev–Trinajstić information content (AvgIpc) is 3.05. The van der Waals surface area contributed by atoms with Gasteiger partial charge in [-0.15, -0.1) is 0 Å². The fourth-order valence-electron chi connectivity index (χ4n) is 8.27. The van der Waals surface area contributed by atoms with Crippen molar-refractivity contribution in [2.75, 3.05) is 0 Å². The molecule has 6 aliphatic rings. The first-order valence-electron chi connectivity index (χ1n) is 17.2. The Morgan fingerprint density at radius 1 is 0.922 bits per heavy atom. The van der Waals surface area contributed by atoms with Crippen LogP contribution in [0, 0.1) is 0 Å². The third-order valence-corrected chi connectivity index (χ3v) is 11.0. The topological polar surface area (TPSA) is 216 Å². The van der Waals surface area contributed by atoms with Crippen molar-refractivity contribution in [2.45, 2.75) is 132 Å². The van der Waals surface area contributed by atoms with E-state index in [0.29, 0.717) is 12.8 Å². The van der Waals surface area contributed by atoms with E-state index in [0.717, 1.165) is 6.08 Å². The first-order valence-corrected chi connectivity index (χ1v) is 17.2. The van der Waals surface area contributed by atoms with Crippen molar-refractivity contribution in [1.82, 2.24) is 0 Å². The number of hydrogen-bond donors (Lipinski definition) is 5. The van der Waals surface area contributed by atoms with Gasteiger partial charge in [-0.1, -0.05) is 12.1 Å². The number of allylic oxidation sites excluding steroid dienone is 2. The summed E-state index contributed by atoms with van der Waals surface area (Å²) >= 11 is 0. The van der Waals surface area contributed by atoms with Crippen molar-refractivity contribution < 1.29 is 68.4 Å². The van der Waals surface area contributed by atoms with Crippen LogP contribution in [0.1, 0.15) is 92.2 Å². The van der Waals surface area contributed by atoms with E-state index in [1.165, 1.54) is 24.3 Å². The van der Waals surface area contributed by atoms with Gasteiger partial charge >= 0.3 is 0 Å². The lowest BCUT2D eigenvalue weighted by Gasteiger charge is -2.53. The summed E-state index contributed by atoms with van der Waals surface area (Å²) in [5.41, 5.74) is -7.94. The van der Waals surface area contributed by atoms with Crippen LogP contribution < -0.4 is 0 Å². The highest BCUT2D eigenvalue weighted by molar-refractivity contribution is 6.32. The van der Waals surface area contributed by atoms with E-state index in [1.54, 1.807) is 33.8 Å². The van der Waals surface area contributed by atoms with E-state index in [2.05, 4.69) is 0 Å². The third-order valence-electron chi connectivity index (χ3n) is 11.0. The highest BCUT2D eigenvalue weighted by Crippen LogP contribution is 2.53. The molecule has 12 unspecified atom stereocenters. The molecule has 3 aliphatic heterocycles. The maximum absolute atomic E-state index is 14.1. The summed E-state index contributed by atoms with van der Waals surface area (Å²) in [5, 5.41) is 55.7. The Hall–Kier alpha value is -3.44. The lowest BCUT2D eigenvalue weighted by atomic mass is 9.57. The smallest absolute Gasteiger partial charge is 0.198 e. The van der Waals surface area contributed by atoms with Crippen molar-refractivity contribution in [3.63, 3.8) is 0 Å². The summed E-state index contributed by atoms with van der Waals surface area (Å²) in [6, 6.07) is 2.63. The average molecular weight is 711 g/mol. The molecule has 274 valence electrons. The van der Waals surface area contributed by atoms with Crippen LogP contribution in [0.5, 0.6) is 5.75 Å². The third kappa shape index (κ3) is 5.77. The number of ketones is 4. The molecule has 0 bridgehead atoms. The first-order chi connectivity index (χ1) is 24.0. The Morgan fingerprint density at radius 2 is 1.67 bits per heavy atom. The molecule has 12 atom stereocenters. The van der Waals surface area contributed by atoms with Crippen molar-refractivity contribution in [1.29, 1.82) is 0 Å². The molecular weight excluding hydrogens is 668 g/mol. The molecule has 2 saturated heterocycles. The maximum Gasteiger partial charge on any atom is 0.198 e. The Balaban J connectivity index is 1.09. The number of Topliss-reactive ketones (excluding diaryl/α,β-unsaturated/α-hetero) is 3. The van der Waals surface area contributed by atoms with Gasteiger partial charge in [0.2, 0.25) is 0 Å². The quantitative estimate of drug-likeness (QED) is 0.294. The Morgan fingerprint density at radius 3 is 2.35 bits per heavy atom. The van der Waals surface area contributed by atoms with Gasteiger partial charge in [-0.25, -0.2) is 0 Å². The van der Waals surface area contributed by atoms with E-state index in [1.807, 2.05) is 0 Å². The zero-order valence-corrected chi connectivity index (χ0v) is 28.6. The zero-order chi connectivity index (χ0) is 36.8. The number of aliphatic hydroxyl groups is 4. The monoisotopic (exact) mass is 710 g/mol. The van der Waals surface area contributed by atoms with Crippen molar-refractivity contribution >= 4 is 23.1 Å². The summed E-state index contributed by atoms with van der Waals surface area (Å²) in [6.07, 6.45) is -1.70. The Kier molecular flexibility index (Phi) is 8.88. The fraction of sp³-hybridized carbons (Fsp3) is 0.568. The number of rotatable bonds is 5. The number of fused-ring (bicyclic) bond motifs is 3. The molecule has 1 saturated carbocycles. The molecule has 14 heteroatoms. The van der Waals surface area contributed by atoms with E-state index in [-0.39, 0.29) is 47.0 Å². The number of carbonyl (C=O) groups excluding carboxylic acids is 4. The first kappa shape index (κ1) is 35.9. The van der Waals surface area contributed by atoms with E-state index in [4.69, 9.17) is 23.7 Å². The van der Waals surface area contributed by atoms with Crippen LogP contribution in [0.4, 0.5) is 0 Å². The van der Waals surface area contributed by atoms with Crippen LogP contribution in [0.3, 0.4) is 0 Å². The van der Waals surface area contributed by atoms with Crippen LogP contribution in [-0.2, 0) is 33.3 Å². The van der Waals surface area contributed by atoms with Gasteiger partial charge in [-0.3, -0.25) is 19.2 Å². The van der Waals surface area contributed by atoms with Crippen LogP contribution in [0.2, 0.25) is 0 Å². The number of phenols is 1. The van der Waals surface area contributed by atoms with Crippen molar-refractivity contribution in [2.24, 2.45) is 0 Å². The molecule has 0 aromatic heterocycles. The van der Waals surface area contributed by atoms with Gasteiger partial charge in [0.15, 0.2) is 41.3 Å². The van der Waals surface area contributed by atoms with Crippen molar-refractivity contribution in [3.8, 4) is 5.75 Å². The predicted octanol–water partition coefficient (Wildman–Crippen LogP) is 1.59. The number of ether oxygens (including phenoxy) is 5. The van der Waals surface area contributed by atoms with E-state index < -0.39 is 101 Å². The number of phenolic OH excluding ortho intramolecular Hbond substituents is 1. The normalized spacial score (nSPS) is 42.5. The summed E-state index contributed by atoms with van der Waals surface area (Å²) in [6.45, 7) is 6.59. The molecule has 7 rings (SSSR count). The minimum atomic E-state index is -2.80. The highest BCUT2D eigenvalue weighted by atomic mass is 16.7. The number of aromatic hydroxyl groups is 1. The molecule has 3 heterocycles. The minimum Gasteiger partial charge on any atom is -0.507 e. The van der Waals surface area contributed by atoms with Crippen molar-refractivity contribution in [3.05, 3.63) is 64.3 Å². The second kappa shape index (κ2) is 12.6. The number of benzene rings is 1. The lowest BCUT2D eigenvalue weighted by molar-refractivity contribution is -0.290. The van der Waals surface area contributed by atoms with Crippen LogP contribution in [-0.4, -0.2) is 115 Å². The maximum atomic E-state index is 14.1. The summed E-state index contributed by atoms with van der Waals surface area (Å²) in [7, 11) is 0. The standard InChI is InChI=1S/C37H42O14/c1-16-22(38)7-9-27(48-16)50-24-8-10-28(49-17(24)2)51-35(4)14-26(40)37(46)30-21(11-12-36(37,45)15-35)33(43)29-20(34(30)44)6-5-19(32(29)42)25-13-23(39)31(41)18(3)47-25/h5-7,9,11-12,16-18,23-25,27-28,31,39,41-42,45-46H,8,10,13-15H2,1-4H3. The SMILES string of the molecule is CC1OC(OC2CCC(OC3(C)CC(=O)C4(O)C5=C(C=CC4(O)C3)C(=O)c3c(ccc(C4CC(O)C(O)C(C)O4)c3O)C5=O)OC2C)C=CC1=O. The van der Waals surface area contributed by atoms with Gasteiger partial charge in [0.1, 0.15) is 23.6 Å². The number of aliphatic hydroxyl groups excluding tert-OH is 2. The molecule has 0 radical (unpaired) electrons. The molecule has 1 aromatic rings. The molecule has 14 nitrogen and oxygen atoms in total. The molecule has 0 amide bonds. The van der Waals surface area contributed by atoms with Gasteiger partial charge in [0.05, 0.1) is 47.3 Å². The molecule has 3 fully saturated rings. The zero-order valence-electron chi connectivity index (χ0n) is 28.6. The van der Waals surface area contributed by atoms with Crippen LogP contribution in [0.25, 0.3) is 0 Å². The molecule has 3 aliphatic carbocycles. The highest BCUT2D eigenvalue weighted by Gasteiger charge is 2.67. The van der Waals surface area contributed by atoms with E-state index in [9.17, 15) is 44.7 Å². The second-order valence-corrected chi connectivity index (χ2v) is 14.7. The lowest BCUT2D eigenvalue weighted by Crippen LogP contribution is -2.69. The van der Waals surface area contributed by atoms with Gasteiger partial charge in [0, 0.05) is 42.4 Å². The minimum absolute atomic E-state index is 0.0787. The largest absolute Gasteiger partial charge is 0.507 e. The van der Waals surface area contributed by atoms with Crippen LogP contribution in [0.15, 0.2) is 47.6 Å². The van der Waals surface area contributed by atoms with Gasteiger partial charge < -0.3 is 49.2 Å². The summed E-state index contributed by atoms with van der Waals surface area (Å²) in [4.78, 5) is 53.7. The molecule has 51 heavy (non-hydrogen) atoms. The van der Waals surface area contributed by atoms with Gasteiger partial charge in [-0.2, -0.15) is 0 Å². The van der Waals surface area contributed by atoms with Gasteiger partial charge in [0.25, 0.3) is 0 Å². The summed E-state index contributed by atoms with van der Waals surface area (Å²) in [5.74, 6) is -3.40. The molecular formula is C37H42O14. The number of hydrogen-bond acceptors (Lipinski definition) is 14. The van der Waals surface area contributed by atoms with E-state index >= 15 is 0 Å². The number of carbonyl (C=O) groups is 4. The molecule has 5 N–H and O–H groups in total. The predicted molar refractivity (Wildman–Crippen MR) is 173 cm³/mol. The summed E-state index contributed by atoms with van der Waals surface area (Å²) < 4.78 is 29.8. The Bertz CT molecular complexity index is 1770. The second-order valence-electron chi connectivity index (χ2n) is 14.7. The van der Waals surface area contributed by atoms with Crippen LogP contribution >= 0.6 is 0 Å². The Labute approximate surface area is 293 Å². The molecule has 1 aromatic carbocycles. The molecule has 0 spiro atoms.